The molecule has 0 aromatic heterocycles. The highest BCUT2D eigenvalue weighted by Crippen LogP contribution is 2.30. The van der Waals surface area contributed by atoms with Crippen LogP contribution in [0.25, 0.3) is 0 Å². The first-order chi connectivity index (χ1) is 8.20. The lowest BCUT2D eigenvalue weighted by Crippen LogP contribution is -2.34. The standard InChI is InChI=1S/C15H22BrN/c1-3-12-6-5-9-15(12)17-11(2)13-7-4-8-14(16)10-13/h4,7-8,10-12,15,17H,3,5-6,9H2,1-2H3. The molecule has 0 aliphatic heterocycles. The van der Waals surface area contributed by atoms with Crippen LogP contribution in [0.1, 0.15) is 51.1 Å². The smallest absolute Gasteiger partial charge is 0.0294 e. The van der Waals surface area contributed by atoms with Crippen LogP contribution in [0.3, 0.4) is 0 Å². The Bertz CT molecular complexity index is 364. The van der Waals surface area contributed by atoms with Gasteiger partial charge in [0.15, 0.2) is 0 Å². The Balaban J connectivity index is 1.99. The number of hydrogen-bond donors (Lipinski definition) is 1. The van der Waals surface area contributed by atoms with Crippen LogP contribution >= 0.6 is 15.9 Å². The van der Waals surface area contributed by atoms with Crippen molar-refractivity contribution in [3.05, 3.63) is 34.3 Å². The van der Waals surface area contributed by atoms with E-state index >= 15 is 0 Å². The molecule has 2 rings (SSSR count). The predicted octanol–water partition coefficient (Wildman–Crippen LogP) is 4.68. The number of benzene rings is 1. The van der Waals surface area contributed by atoms with Gasteiger partial charge in [0.25, 0.3) is 0 Å². The molecule has 0 saturated heterocycles. The van der Waals surface area contributed by atoms with Crippen LogP contribution < -0.4 is 5.32 Å². The zero-order valence-electron chi connectivity index (χ0n) is 10.7. The van der Waals surface area contributed by atoms with Gasteiger partial charge in [0.2, 0.25) is 0 Å². The first-order valence-corrected chi connectivity index (χ1v) is 7.51. The van der Waals surface area contributed by atoms with Crippen LogP contribution in [0.2, 0.25) is 0 Å². The Morgan fingerprint density at radius 2 is 2.24 bits per heavy atom. The monoisotopic (exact) mass is 295 g/mol. The molecule has 2 heteroatoms. The summed E-state index contributed by atoms with van der Waals surface area (Å²) < 4.78 is 1.17. The van der Waals surface area contributed by atoms with Crippen molar-refractivity contribution in [3.8, 4) is 0 Å². The number of rotatable bonds is 4. The van der Waals surface area contributed by atoms with E-state index in [4.69, 9.17) is 0 Å². The van der Waals surface area contributed by atoms with Crippen molar-refractivity contribution in [1.29, 1.82) is 0 Å². The van der Waals surface area contributed by atoms with Crippen molar-refractivity contribution in [1.82, 2.24) is 5.32 Å². The van der Waals surface area contributed by atoms with Crippen molar-refractivity contribution in [2.45, 2.75) is 51.6 Å². The highest BCUT2D eigenvalue weighted by Gasteiger charge is 2.26. The molecule has 1 nitrogen and oxygen atoms in total. The molecule has 1 N–H and O–H groups in total. The lowest BCUT2D eigenvalue weighted by Gasteiger charge is -2.24. The summed E-state index contributed by atoms with van der Waals surface area (Å²) in [5.41, 5.74) is 1.38. The minimum Gasteiger partial charge on any atom is -0.307 e. The van der Waals surface area contributed by atoms with E-state index in [2.05, 4.69) is 59.4 Å². The van der Waals surface area contributed by atoms with Crippen molar-refractivity contribution in [3.63, 3.8) is 0 Å². The summed E-state index contributed by atoms with van der Waals surface area (Å²) in [6.07, 6.45) is 5.44. The topological polar surface area (TPSA) is 12.0 Å². The maximum atomic E-state index is 3.80. The molecule has 3 atom stereocenters. The molecule has 0 bridgehead atoms. The van der Waals surface area contributed by atoms with Gasteiger partial charge >= 0.3 is 0 Å². The minimum atomic E-state index is 0.449. The van der Waals surface area contributed by atoms with Crippen LogP contribution in [-0.2, 0) is 0 Å². The van der Waals surface area contributed by atoms with E-state index < -0.39 is 0 Å². The van der Waals surface area contributed by atoms with Crippen LogP contribution in [0.15, 0.2) is 28.7 Å². The van der Waals surface area contributed by atoms with Crippen molar-refractivity contribution < 1.29 is 0 Å². The normalized spacial score (nSPS) is 26.1. The molecule has 3 unspecified atom stereocenters. The molecule has 0 amide bonds. The molecule has 0 heterocycles. The third-order valence-corrected chi connectivity index (χ3v) is 4.49. The molecule has 1 aliphatic carbocycles. The highest BCUT2D eigenvalue weighted by atomic mass is 79.9. The van der Waals surface area contributed by atoms with E-state index in [0.717, 1.165) is 5.92 Å². The van der Waals surface area contributed by atoms with Gasteiger partial charge in [-0.05, 0) is 43.4 Å². The minimum absolute atomic E-state index is 0.449. The number of hydrogen-bond acceptors (Lipinski definition) is 1. The summed E-state index contributed by atoms with van der Waals surface area (Å²) >= 11 is 3.54. The van der Waals surface area contributed by atoms with E-state index in [9.17, 15) is 0 Å². The maximum absolute atomic E-state index is 3.80. The fraction of sp³-hybridized carbons (Fsp3) is 0.600. The predicted molar refractivity (Wildman–Crippen MR) is 77.1 cm³/mol. The van der Waals surface area contributed by atoms with E-state index in [-0.39, 0.29) is 0 Å². The largest absolute Gasteiger partial charge is 0.307 e. The Labute approximate surface area is 113 Å². The average Bonchev–Trinajstić information content (AvgIpc) is 2.76. The van der Waals surface area contributed by atoms with Crippen molar-refractivity contribution >= 4 is 15.9 Å². The number of halogens is 1. The second-order valence-corrected chi connectivity index (χ2v) is 6.06. The fourth-order valence-electron chi connectivity index (χ4n) is 2.94. The van der Waals surface area contributed by atoms with Crippen LogP contribution in [-0.4, -0.2) is 6.04 Å². The molecule has 0 radical (unpaired) electrons. The van der Waals surface area contributed by atoms with E-state index in [1.54, 1.807) is 0 Å². The molecule has 1 saturated carbocycles. The molecule has 1 aromatic rings. The third-order valence-electron chi connectivity index (χ3n) is 4.00. The van der Waals surface area contributed by atoms with Gasteiger partial charge in [-0.2, -0.15) is 0 Å². The first-order valence-electron chi connectivity index (χ1n) is 6.72. The van der Waals surface area contributed by atoms with Gasteiger partial charge in [-0.3, -0.25) is 0 Å². The molecule has 1 fully saturated rings. The van der Waals surface area contributed by atoms with Gasteiger partial charge in [-0.25, -0.2) is 0 Å². The van der Waals surface area contributed by atoms with E-state index in [0.29, 0.717) is 12.1 Å². The van der Waals surface area contributed by atoms with E-state index in [1.165, 1.54) is 35.7 Å². The molecule has 0 spiro atoms. The van der Waals surface area contributed by atoms with Crippen molar-refractivity contribution in [2.75, 3.05) is 0 Å². The molecule has 1 aliphatic rings. The van der Waals surface area contributed by atoms with Crippen LogP contribution in [0.5, 0.6) is 0 Å². The molecule has 17 heavy (non-hydrogen) atoms. The van der Waals surface area contributed by atoms with Gasteiger partial charge in [-0.15, -0.1) is 0 Å². The Kier molecular flexibility index (Phi) is 4.63. The van der Waals surface area contributed by atoms with Gasteiger partial charge in [-0.1, -0.05) is 47.8 Å². The van der Waals surface area contributed by atoms with Gasteiger partial charge in [0.05, 0.1) is 0 Å². The van der Waals surface area contributed by atoms with Gasteiger partial charge < -0.3 is 5.32 Å². The molecule has 94 valence electrons. The lowest BCUT2D eigenvalue weighted by molar-refractivity contribution is 0.360. The van der Waals surface area contributed by atoms with Gasteiger partial charge in [0, 0.05) is 16.6 Å². The fourth-order valence-corrected chi connectivity index (χ4v) is 3.36. The lowest BCUT2D eigenvalue weighted by atomic mass is 9.98. The number of nitrogens with one attached hydrogen (secondary N) is 1. The van der Waals surface area contributed by atoms with Crippen LogP contribution in [0, 0.1) is 5.92 Å². The summed E-state index contributed by atoms with van der Waals surface area (Å²) in [5, 5.41) is 3.80. The van der Waals surface area contributed by atoms with Crippen molar-refractivity contribution in [2.24, 2.45) is 5.92 Å². The van der Waals surface area contributed by atoms with E-state index in [1.807, 2.05) is 0 Å². The average molecular weight is 296 g/mol. The maximum Gasteiger partial charge on any atom is 0.0294 e. The molecular weight excluding hydrogens is 274 g/mol. The first kappa shape index (κ1) is 13.1. The zero-order chi connectivity index (χ0) is 12.3. The SMILES string of the molecule is CCC1CCCC1NC(C)c1cccc(Br)c1. The Morgan fingerprint density at radius 1 is 1.41 bits per heavy atom. The molecular formula is C15H22BrN. The van der Waals surface area contributed by atoms with Gasteiger partial charge in [0.1, 0.15) is 0 Å². The summed E-state index contributed by atoms with van der Waals surface area (Å²) in [5.74, 6) is 0.879. The second kappa shape index (κ2) is 6.01. The van der Waals surface area contributed by atoms with Crippen LogP contribution in [0.4, 0.5) is 0 Å². The third kappa shape index (κ3) is 3.32. The highest BCUT2D eigenvalue weighted by molar-refractivity contribution is 9.10. The molecule has 1 aromatic carbocycles. The summed E-state index contributed by atoms with van der Waals surface area (Å²) in [6.45, 7) is 4.58. The quantitative estimate of drug-likeness (QED) is 0.850. The summed E-state index contributed by atoms with van der Waals surface area (Å²) in [6, 6.07) is 9.79. The summed E-state index contributed by atoms with van der Waals surface area (Å²) in [7, 11) is 0. The Hall–Kier alpha value is -0.340. The Morgan fingerprint density at radius 3 is 2.94 bits per heavy atom. The zero-order valence-corrected chi connectivity index (χ0v) is 12.3. The summed E-state index contributed by atoms with van der Waals surface area (Å²) in [4.78, 5) is 0. The second-order valence-electron chi connectivity index (χ2n) is 5.15.